The van der Waals surface area contributed by atoms with Gasteiger partial charge >= 0.3 is 10.1 Å². The van der Waals surface area contributed by atoms with Gasteiger partial charge in [0.2, 0.25) is 0 Å². The van der Waals surface area contributed by atoms with E-state index in [1.165, 1.54) is 12.1 Å². The largest absolute Gasteiger partial charge is 0.379 e. The van der Waals surface area contributed by atoms with Gasteiger partial charge in [-0.2, -0.15) is 8.42 Å². The van der Waals surface area contributed by atoms with E-state index in [2.05, 4.69) is 4.90 Å². The molecular weight excluding hydrogens is 464 g/mol. The van der Waals surface area contributed by atoms with Gasteiger partial charge < -0.3 is 9.08 Å². The van der Waals surface area contributed by atoms with Crippen molar-refractivity contribution >= 4 is 25.9 Å². The molecule has 2 aliphatic rings. The molecule has 2 heterocycles. The Hall–Kier alpha value is -2.43. The lowest BCUT2D eigenvalue weighted by molar-refractivity contribution is 0.0588. The van der Waals surface area contributed by atoms with Gasteiger partial charge in [-0.05, 0) is 61.7 Å². The Morgan fingerprint density at radius 2 is 1.67 bits per heavy atom. The van der Waals surface area contributed by atoms with Crippen LogP contribution in [-0.2, 0) is 20.0 Å². The third kappa shape index (κ3) is 5.39. The van der Waals surface area contributed by atoms with Crippen LogP contribution in [0.4, 0.5) is 0 Å². The Morgan fingerprint density at radius 1 is 1.00 bits per heavy atom. The first kappa shape index (κ1) is 23.7. The summed E-state index contributed by atoms with van der Waals surface area (Å²) >= 11 is 0. The van der Waals surface area contributed by atoms with Crippen molar-refractivity contribution in [2.45, 2.75) is 31.2 Å². The summed E-state index contributed by atoms with van der Waals surface area (Å²) in [6.07, 6.45) is 0.655. The minimum absolute atomic E-state index is 0.0441. The monoisotopic (exact) mass is 492 g/mol. The Labute approximate surface area is 195 Å². The lowest BCUT2D eigenvalue weighted by Crippen LogP contribution is -2.52. The summed E-state index contributed by atoms with van der Waals surface area (Å²) in [5, 5.41) is 0. The summed E-state index contributed by atoms with van der Waals surface area (Å²) in [5.74, 6) is 0.440. The maximum atomic E-state index is 12.9. The second-order valence-electron chi connectivity index (χ2n) is 8.72. The number of benzene rings is 2. The van der Waals surface area contributed by atoms with Crippen molar-refractivity contribution in [2.75, 3.05) is 37.7 Å². The first-order valence-electron chi connectivity index (χ1n) is 10.9. The Balaban J connectivity index is 1.37. The molecule has 1 unspecified atom stereocenters. The van der Waals surface area contributed by atoms with Gasteiger partial charge in [0.25, 0.3) is 5.91 Å². The van der Waals surface area contributed by atoms with Crippen LogP contribution < -0.4 is 4.18 Å². The summed E-state index contributed by atoms with van der Waals surface area (Å²) < 4.78 is 54.1. The SMILES string of the molecule is Cc1ccc(C)c(S(=O)(=O)Oc2ccc(C(=O)N3CCN(C4CCS(=O)(=O)C4)CC3)cc2)c1. The van der Waals surface area contributed by atoms with Crippen molar-refractivity contribution in [2.24, 2.45) is 0 Å². The fourth-order valence-corrected chi connectivity index (χ4v) is 7.35. The zero-order chi connectivity index (χ0) is 23.8. The van der Waals surface area contributed by atoms with Crippen LogP contribution in [0.25, 0.3) is 0 Å². The molecule has 2 saturated heterocycles. The molecule has 33 heavy (non-hydrogen) atoms. The Kier molecular flexibility index (Phi) is 6.52. The molecule has 0 radical (unpaired) electrons. The van der Waals surface area contributed by atoms with Crippen LogP contribution in [0.15, 0.2) is 47.4 Å². The van der Waals surface area contributed by atoms with Crippen molar-refractivity contribution in [1.82, 2.24) is 9.80 Å². The van der Waals surface area contributed by atoms with Gasteiger partial charge in [0.1, 0.15) is 10.6 Å². The lowest BCUT2D eigenvalue weighted by atomic mass is 10.1. The number of aryl methyl sites for hydroxylation is 2. The highest BCUT2D eigenvalue weighted by Gasteiger charge is 2.34. The van der Waals surface area contributed by atoms with E-state index in [-0.39, 0.29) is 34.1 Å². The van der Waals surface area contributed by atoms with E-state index in [9.17, 15) is 21.6 Å². The maximum absolute atomic E-state index is 12.9. The van der Waals surface area contributed by atoms with Crippen molar-refractivity contribution in [3.05, 3.63) is 59.2 Å². The lowest BCUT2D eigenvalue weighted by Gasteiger charge is -2.37. The quantitative estimate of drug-likeness (QED) is 0.589. The van der Waals surface area contributed by atoms with E-state index in [0.29, 0.717) is 43.7 Å². The topological polar surface area (TPSA) is 101 Å². The van der Waals surface area contributed by atoms with Crippen LogP contribution >= 0.6 is 0 Å². The van der Waals surface area contributed by atoms with Gasteiger partial charge in [0, 0.05) is 37.8 Å². The molecular formula is C23H28N2O6S2. The Bertz CT molecular complexity index is 1250. The summed E-state index contributed by atoms with van der Waals surface area (Å²) in [6, 6.07) is 11.3. The molecule has 0 saturated carbocycles. The number of nitrogens with zero attached hydrogens (tertiary/aromatic N) is 2. The second-order valence-corrected chi connectivity index (χ2v) is 12.5. The zero-order valence-corrected chi connectivity index (χ0v) is 20.4. The molecule has 2 aromatic carbocycles. The van der Waals surface area contributed by atoms with E-state index >= 15 is 0 Å². The second kappa shape index (κ2) is 9.08. The number of piperazine rings is 1. The standard InChI is InChI=1S/C23H28N2O6S2/c1-17-3-4-18(2)22(15-17)33(29,30)31-21-7-5-19(6-8-21)23(26)25-12-10-24(11-13-25)20-9-14-32(27,28)16-20/h3-8,15,20H,9-14,16H2,1-2H3. The maximum Gasteiger partial charge on any atom is 0.339 e. The number of carbonyl (C=O) groups excluding carboxylic acids is 1. The van der Waals surface area contributed by atoms with E-state index in [1.807, 2.05) is 13.0 Å². The van der Waals surface area contributed by atoms with Gasteiger partial charge in [-0.3, -0.25) is 9.69 Å². The first-order valence-corrected chi connectivity index (χ1v) is 14.1. The van der Waals surface area contributed by atoms with Gasteiger partial charge in [0.15, 0.2) is 9.84 Å². The average molecular weight is 493 g/mol. The molecule has 2 fully saturated rings. The van der Waals surface area contributed by atoms with Crippen LogP contribution in [0.3, 0.4) is 0 Å². The van der Waals surface area contributed by atoms with Gasteiger partial charge in [-0.1, -0.05) is 12.1 Å². The van der Waals surface area contributed by atoms with Crippen LogP contribution in [0, 0.1) is 13.8 Å². The van der Waals surface area contributed by atoms with Gasteiger partial charge in [0.05, 0.1) is 11.5 Å². The fourth-order valence-electron chi connectivity index (χ4n) is 4.34. The number of hydrogen-bond donors (Lipinski definition) is 0. The molecule has 4 rings (SSSR count). The molecule has 10 heteroatoms. The number of sulfone groups is 1. The normalized spacial score (nSPS) is 21.2. The molecule has 1 amide bonds. The van der Waals surface area contributed by atoms with E-state index in [0.717, 1.165) is 5.56 Å². The summed E-state index contributed by atoms with van der Waals surface area (Å²) in [5.41, 5.74) is 1.86. The number of rotatable bonds is 5. The molecule has 2 aliphatic heterocycles. The van der Waals surface area contributed by atoms with E-state index in [4.69, 9.17) is 4.18 Å². The van der Waals surface area contributed by atoms with Gasteiger partial charge in [-0.25, -0.2) is 8.42 Å². The minimum atomic E-state index is -3.99. The van der Waals surface area contributed by atoms with Crippen molar-refractivity contribution < 1.29 is 25.8 Å². The zero-order valence-electron chi connectivity index (χ0n) is 18.7. The molecule has 0 aliphatic carbocycles. The van der Waals surface area contributed by atoms with E-state index < -0.39 is 20.0 Å². The third-order valence-electron chi connectivity index (χ3n) is 6.25. The minimum Gasteiger partial charge on any atom is -0.379 e. The highest BCUT2D eigenvalue weighted by atomic mass is 32.2. The van der Waals surface area contributed by atoms with Crippen LogP contribution in [0.2, 0.25) is 0 Å². The molecule has 0 spiro atoms. The summed E-state index contributed by atoms with van der Waals surface area (Å²) in [7, 11) is -6.92. The predicted octanol–water partition coefficient (Wildman–Crippen LogP) is 2.02. The molecule has 1 atom stereocenters. The third-order valence-corrected chi connectivity index (χ3v) is 9.39. The number of hydrogen-bond acceptors (Lipinski definition) is 7. The van der Waals surface area contributed by atoms with Gasteiger partial charge in [-0.15, -0.1) is 0 Å². The summed E-state index contributed by atoms with van der Waals surface area (Å²) in [4.78, 5) is 16.9. The van der Waals surface area contributed by atoms with Crippen LogP contribution in [-0.4, -0.2) is 76.3 Å². The van der Waals surface area contributed by atoms with Crippen molar-refractivity contribution in [1.29, 1.82) is 0 Å². The molecule has 8 nitrogen and oxygen atoms in total. The van der Waals surface area contributed by atoms with Crippen LogP contribution in [0.1, 0.15) is 27.9 Å². The van der Waals surface area contributed by atoms with Crippen molar-refractivity contribution in [3.8, 4) is 5.75 Å². The smallest absolute Gasteiger partial charge is 0.339 e. The highest BCUT2D eigenvalue weighted by Crippen LogP contribution is 2.24. The molecule has 0 N–H and O–H groups in total. The number of carbonyl (C=O) groups is 1. The molecule has 0 bridgehead atoms. The number of amides is 1. The molecule has 178 valence electrons. The highest BCUT2D eigenvalue weighted by molar-refractivity contribution is 7.91. The fraction of sp³-hybridized carbons (Fsp3) is 0.435. The predicted molar refractivity (Wildman–Crippen MR) is 125 cm³/mol. The summed E-state index contributed by atoms with van der Waals surface area (Å²) in [6.45, 7) is 5.85. The average Bonchev–Trinajstić information content (AvgIpc) is 3.15. The van der Waals surface area contributed by atoms with Crippen LogP contribution in [0.5, 0.6) is 5.75 Å². The first-order chi connectivity index (χ1) is 15.5. The molecule has 2 aromatic rings. The molecule has 0 aromatic heterocycles. The van der Waals surface area contributed by atoms with E-state index in [1.54, 1.807) is 36.1 Å². The Morgan fingerprint density at radius 3 is 2.27 bits per heavy atom. The van der Waals surface area contributed by atoms with Crippen molar-refractivity contribution in [3.63, 3.8) is 0 Å².